The van der Waals surface area contributed by atoms with E-state index in [2.05, 4.69) is 46.1 Å². The molecule has 32 heavy (non-hydrogen) atoms. The molecule has 9 nitrogen and oxygen atoms in total. The first-order valence-corrected chi connectivity index (χ1v) is 9.55. The Kier molecular flexibility index (Phi) is 6.53. The normalized spacial score (nSPS) is 20.5. The predicted molar refractivity (Wildman–Crippen MR) is 125 cm³/mol. The minimum atomic E-state index is 0. The smallest absolute Gasteiger partial charge is 0.253 e. The maximum atomic E-state index is 4.53. The summed E-state index contributed by atoms with van der Waals surface area (Å²) in [6.45, 7) is 0. The van der Waals surface area contributed by atoms with Crippen LogP contribution in [0.5, 0.6) is 0 Å². The van der Waals surface area contributed by atoms with E-state index < -0.39 is 0 Å². The fourth-order valence-electron chi connectivity index (χ4n) is 2.89. The minimum absolute atomic E-state index is 0. The molecule has 6 heterocycles. The van der Waals surface area contributed by atoms with E-state index in [4.69, 9.17) is 0 Å². The Morgan fingerprint density at radius 3 is 2.03 bits per heavy atom. The number of rotatable bonds is 0. The Hall–Kier alpha value is -4.04. The second kappa shape index (κ2) is 9.85. The third-order valence-corrected chi connectivity index (χ3v) is 4.24. The van der Waals surface area contributed by atoms with Crippen molar-refractivity contribution >= 4 is 35.4 Å². The third kappa shape index (κ3) is 5.36. The summed E-state index contributed by atoms with van der Waals surface area (Å²) in [6.07, 6.45) is 26.6. The van der Waals surface area contributed by atoms with E-state index >= 15 is 0 Å². The summed E-state index contributed by atoms with van der Waals surface area (Å²) < 4.78 is 0. The predicted octanol–water partition coefficient (Wildman–Crippen LogP) is 2.15. The Morgan fingerprint density at radius 2 is 1.28 bits per heavy atom. The van der Waals surface area contributed by atoms with Gasteiger partial charge < -0.3 is 5.32 Å². The van der Waals surface area contributed by atoms with Crippen LogP contribution in [0.2, 0.25) is 0 Å². The molecule has 0 saturated heterocycles. The zero-order valence-corrected chi connectivity index (χ0v) is 19.9. The molecular weight excluding hydrogens is 456 g/mol. The quantitative estimate of drug-likeness (QED) is 0.470. The molecule has 152 valence electrons. The van der Waals surface area contributed by atoms with Gasteiger partial charge in [0, 0.05) is 38.0 Å². The molecular formula is C22H17N9Zn. The molecule has 0 aliphatic carbocycles. The summed E-state index contributed by atoms with van der Waals surface area (Å²) in [5.74, 6) is 1.37. The summed E-state index contributed by atoms with van der Waals surface area (Å²) in [5, 5.41) is 2.92. The van der Waals surface area contributed by atoms with Crippen molar-refractivity contribution in [1.29, 1.82) is 0 Å². The number of nitrogens with one attached hydrogen (secondary N) is 3. The Labute approximate surface area is 197 Å². The molecule has 10 heteroatoms. The van der Waals surface area contributed by atoms with Crippen molar-refractivity contribution in [3.63, 3.8) is 0 Å². The average Bonchev–Trinajstić information content (AvgIpc) is 3.53. The third-order valence-electron chi connectivity index (χ3n) is 4.24. The largest absolute Gasteiger partial charge is 0.368 e. The van der Waals surface area contributed by atoms with Gasteiger partial charge in [-0.3, -0.25) is 10.9 Å². The van der Waals surface area contributed by atoms with E-state index in [1.165, 1.54) is 0 Å². The average molecular weight is 473 g/mol. The van der Waals surface area contributed by atoms with E-state index in [1.54, 1.807) is 6.21 Å². The molecule has 6 aliphatic heterocycles. The summed E-state index contributed by atoms with van der Waals surface area (Å²) >= 11 is 0. The maximum absolute atomic E-state index is 4.53. The van der Waals surface area contributed by atoms with Crippen molar-refractivity contribution in [2.24, 2.45) is 30.0 Å². The van der Waals surface area contributed by atoms with Crippen LogP contribution in [0.3, 0.4) is 0 Å². The molecule has 0 radical (unpaired) electrons. The van der Waals surface area contributed by atoms with Crippen molar-refractivity contribution in [1.82, 2.24) is 16.2 Å². The zero-order valence-electron chi connectivity index (χ0n) is 17.0. The molecule has 0 amide bonds. The van der Waals surface area contributed by atoms with Crippen LogP contribution in [0.15, 0.2) is 126 Å². The van der Waals surface area contributed by atoms with E-state index in [-0.39, 0.29) is 19.5 Å². The topological polar surface area (TPSA) is 110 Å². The van der Waals surface area contributed by atoms with Crippen LogP contribution in [0.25, 0.3) is 0 Å². The first-order chi connectivity index (χ1) is 15.3. The second-order valence-corrected chi connectivity index (χ2v) is 6.57. The fourth-order valence-corrected chi connectivity index (χ4v) is 2.89. The monoisotopic (exact) mass is 471 g/mol. The van der Waals surface area contributed by atoms with Crippen LogP contribution in [0.4, 0.5) is 0 Å². The number of guanidine groups is 2. The number of allylic oxidation sites excluding steroid dienone is 11. The van der Waals surface area contributed by atoms with Crippen molar-refractivity contribution in [2.75, 3.05) is 0 Å². The van der Waals surface area contributed by atoms with Crippen molar-refractivity contribution in [3.05, 3.63) is 96.3 Å². The molecule has 0 fully saturated rings. The minimum Gasteiger partial charge on any atom is -0.368 e. The zero-order chi connectivity index (χ0) is 20.9. The first kappa shape index (κ1) is 21.2. The molecule has 3 N–H and O–H groups in total. The van der Waals surface area contributed by atoms with Gasteiger partial charge in [-0.1, -0.05) is 12.2 Å². The Balaban J connectivity index is 0.000000265. The number of nitrogens with zero attached hydrogens (tertiary/aromatic N) is 6. The van der Waals surface area contributed by atoms with Gasteiger partial charge in [-0.2, -0.15) is 9.98 Å². The van der Waals surface area contributed by atoms with Crippen LogP contribution < -0.4 is 16.2 Å². The van der Waals surface area contributed by atoms with Crippen LogP contribution in [0, 0.1) is 0 Å². The van der Waals surface area contributed by atoms with Gasteiger partial charge in [0.2, 0.25) is 5.96 Å². The van der Waals surface area contributed by atoms with Gasteiger partial charge in [0.15, 0.2) is 5.84 Å². The summed E-state index contributed by atoms with van der Waals surface area (Å²) in [7, 11) is 0. The van der Waals surface area contributed by atoms with Crippen LogP contribution in [0.1, 0.15) is 0 Å². The SMILES string of the molecule is C1=CC2=NC1=CC1=NC(=NC3=NC(=CC4=NC(=C2)C=C4)C=N3)NN1.C1=CC=CNC=C1.[Zn]. The van der Waals surface area contributed by atoms with Crippen molar-refractivity contribution in [3.8, 4) is 0 Å². The first-order valence-electron chi connectivity index (χ1n) is 9.55. The molecule has 6 aliphatic rings. The molecule has 0 saturated carbocycles. The molecule has 6 rings (SSSR count). The van der Waals surface area contributed by atoms with Gasteiger partial charge in [0.1, 0.15) is 0 Å². The molecule has 0 aromatic heterocycles. The standard InChI is InChI=1S/C16H10N8.C6H7N.Zn/c1-2-11-6-13-8-17-15(20-13)22-16-21-14(23-24-16)7-12-4-3-10(19-12)5-9(1)18-11;1-2-4-6-7-5-3-1;/h1-8H,(H2,17,20,21,22,23,24);1-7H;. The van der Waals surface area contributed by atoms with E-state index in [0.717, 1.165) is 22.8 Å². The second-order valence-electron chi connectivity index (χ2n) is 6.57. The Morgan fingerprint density at radius 1 is 0.594 bits per heavy atom. The van der Waals surface area contributed by atoms with E-state index in [9.17, 15) is 0 Å². The molecule has 0 spiro atoms. The molecule has 0 aromatic rings. The number of hydrazine groups is 1. The molecule has 8 bridgehead atoms. The van der Waals surface area contributed by atoms with E-state index in [1.807, 2.05) is 79.2 Å². The van der Waals surface area contributed by atoms with Crippen molar-refractivity contribution < 1.29 is 19.5 Å². The van der Waals surface area contributed by atoms with Gasteiger partial charge >= 0.3 is 0 Å². The molecule has 0 aromatic carbocycles. The van der Waals surface area contributed by atoms with Gasteiger partial charge in [-0.25, -0.2) is 20.0 Å². The maximum Gasteiger partial charge on any atom is 0.253 e. The summed E-state index contributed by atoms with van der Waals surface area (Å²) in [5.41, 5.74) is 9.81. The summed E-state index contributed by atoms with van der Waals surface area (Å²) in [6, 6.07) is 0. The number of aliphatic imine (C=N–C) groups is 6. The van der Waals surface area contributed by atoms with Crippen molar-refractivity contribution in [2.45, 2.75) is 0 Å². The number of amidine groups is 1. The molecule has 0 unspecified atom stereocenters. The number of fused-ring (bicyclic) bond motifs is 4. The number of hydrogen-bond donors (Lipinski definition) is 3. The van der Waals surface area contributed by atoms with Gasteiger partial charge in [-0.05, 0) is 48.6 Å². The van der Waals surface area contributed by atoms with Crippen LogP contribution in [-0.4, -0.2) is 35.4 Å². The summed E-state index contributed by atoms with van der Waals surface area (Å²) in [4.78, 5) is 26.2. The van der Waals surface area contributed by atoms with Gasteiger partial charge in [-0.15, -0.1) is 0 Å². The van der Waals surface area contributed by atoms with Crippen LogP contribution in [-0.2, 0) is 19.5 Å². The molecule has 0 atom stereocenters. The number of hydrogen-bond acceptors (Lipinski definition) is 9. The van der Waals surface area contributed by atoms with Gasteiger partial charge in [0.25, 0.3) is 5.96 Å². The van der Waals surface area contributed by atoms with Crippen LogP contribution >= 0.6 is 0 Å². The Bertz CT molecular complexity index is 1230. The fraction of sp³-hybridized carbons (Fsp3) is 0. The van der Waals surface area contributed by atoms with E-state index in [0.29, 0.717) is 23.5 Å². The van der Waals surface area contributed by atoms with Gasteiger partial charge in [0.05, 0.1) is 34.7 Å².